The normalized spacial score (nSPS) is 10.9. The van der Waals surface area contributed by atoms with Gasteiger partial charge in [0, 0.05) is 12.8 Å². The van der Waals surface area contributed by atoms with Crippen LogP contribution in [-0.4, -0.2) is 50.4 Å². The number of amides is 2. The van der Waals surface area contributed by atoms with Gasteiger partial charge in [0.05, 0.1) is 47.8 Å². The van der Waals surface area contributed by atoms with Crippen LogP contribution in [0.4, 0.5) is 0 Å². The molecule has 0 atom stereocenters. The van der Waals surface area contributed by atoms with Crippen LogP contribution in [-0.2, 0) is 9.59 Å². The third kappa shape index (κ3) is 12.8. The number of carbonyl (C=O) groups is 4. The second-order valence-electron chi connectivity index (χ2n) is 11.4. The fourth-order valence-corrected chi connectivity index (χ4v) is 5.26. The highest BCUT2D eigenvalue weighted by Gasteiger charge is 2.17. The second kappa shape index (κ2) is 21.0. The average Bonchev–Trinajstić information content (AvgIpc) is 3.15. The van der Waals surface area contributed by atoms with Crippen LogP contribution in [0.2, 0.25) is 10.0 Å². The van der Waals surface area contributed by atoms with Crippen LogP contribution in [0.1, 0.15) is 76.8 Å². The van der Waals surface area contributed by atoms with Crippen molar-refractivity contribution < 1.29 is 38.1 Å². The van der Waals surface area contributed by atoms with E-state index in [4.69, 9.17) is 42.1 Å². The van der Waals surface area contributed by atoms with E-state index in [1.54, 1.807) is 84.9 Å². The lowest BCUT2D eigenvalue weighted by Gasteiger charge is -2.10. The van der Waals surface area contributed by atoms with Gasteiger partial charge in [-0.05, 0) is 84.6 Å². The molecular weight excluding hydrogens is 723 g/mol. The molecule has 4 rings (SSSR count). The number of nitrogens with one attached hydrogen (secondary N) is 2. The standard InChI is InChI=1S/C39H38Cl2N4O8/c1-50-34-22-26(18-20-32(34)52-38(48)28-12-8-10-14-30(28)40)24-42-44-36(46)16-6-4-3-5-7-17-37(47)45-43-25-27-19-21-33(35(23-27)51-2)53-39(49)29-13-9-11-15-31(29)41/h8-15,18-25H,3-7,16-17H2,1-2H3,(H,44,46)(H,45,47). The number of methoxy groups -OCH3 is 2. The zero-order valence-corrected chi connectivity index (χ0v) is 30.6. The molecule has 0 aliphatic rings. The molecule has 4 aromatic rings. The Balaban J connectivity index is 1.08. The van der Waals surface area contributed by atoms with E-state index in [1.807, 2.05) is 0 Å². The summed E-state index contributed by atoms with van der Waals surface area (Å²) in [7, 11) is 2.90. The lowest BCUT2D eigenvalue weighted by Crippen LogP contribution is -2.17. The molecule has 0 radical (unpaired) electrons. The number of benzene rings is 4. The van der Waals surface area contributed by atoms with Crippen LogP contribution in [0.15, 0.2) is 95.1 Å². The molecule has 0 aromatic heterocycles. The first-order chi connectivity index (χ1) is 25.7. The fourth-order valence-electron chi connectivity index (χ4n) is 4.83. The minimum Gasteiger partial charge on any atom is -0.493 e. The van der Waals surface area contributed by atoms with Crippen molar-refractivity contribution in [1.82, 2.24) is 10.9 Å². The maximum Gasteiger partial charge on any atom is 0.345 e. The molecule has 4 aromatic carbocycles. The summed E-state index contributed by atoms with van der Waals surface area (Å²) in [4.78, 5) is 49.4. The molecule has 0 spiro atoms. The summed E-state index contributed by atoms with van der Waals surface area (Å²) >= 11 is 12.2. The molecule has 0 bridgehead atoms. The van der Waals surface area contributed by atoms with Crippen molar-refractivity contribution in [3.05, 3.63) is 117 Å². The zero-order valence-electron chi connectivity index (χ0n) is 29.1. The van der Waals surface area contributed by atoms with E-state index in [0.717, 1.165) is 19.3 Å². The number of hydrogen-bond acceptors (Lipinski definition) is 10. The minimum atomic E-state index is -0.616. The van der Waals surface area contributed by atoms with Crippen LogP contribution in [0.3, 0.4) is 0 Å². The maximum absolute atomic E-state index is 12.5. The van der Waals surface area contributed by atoms with Crippen LogP contribution < -0.4 is 29.8 Å². The van der Waals surface area contributed by atoms with Gasteiger partial charge in [-0.2, -0.15) is 10.2 Å². The molecule has 0 unspecified atom stereocenters. The average molecular weight is 762 g/mol. The number of carbonyl (C=O) groups excluding carboxylic acids is 4. The van der Waals surface area contributed by atoms with Crippen molar-refractivity contribution in [1.29, 1.82) is 0 Å². The second-order valence-corrected chi connectivity index (χ2v) is 12.2. The summed E-state index contributed by atoms with van der Waals surface area (Å²) in [6.07, 6.45) is 7.42. The van der Waals surface area contributed by atoms with Gasteiger partial charge in [0.15, 0.2) is 23.0 Å². The van der Waals surface area contributed by atoms with E-state index in [-0.39, 0.29) is 44.5 Å². The van der Waals surface area contributed by atoms with Crippen LogP contribution in [0.5, 0.6) is 23.0 Å². The van der Waals surface area contributed by atoms with Crippen molar-refractivity contribution >= 4 is 59.4 Å². The van der Waals surface area contributed by atoms with E-state index < -0.39 is 11.9 Å². The molecule has 14 heteroatoms. The highest BCUT2D eigenvalue weighted by atomic mass is 35.5. The van der Waals surface area contributed by atoms with E-state index in [1.165, 1.54) is 26.6 Å². The Morgan fingerprint density at radius 3 is 1.36 bits per heavy atom. The summed E-state index contributed by atoms with van der Waals surface area (Å²) in [6.45, 7) is 0. The molecule has 53 heavy (non-hydrogen) atoms. The van der Waals surface area contributed by atoms with Gasteiger partial charge in [-0.1, -0.05) is 66.7 Å². The van der Waals surface area contributed by atoms with Gasteiger partial charge >= 0.3 is 11.9 Å². The third-order valence-corrected chi connectivity index (χ3v) is 8.24. The molecule has 0 aliphatic heterocycles. The van der Waals surface area contributed by atoms with E-state index >= 15 is 0 Å². The first-order valence-electron chi connectivity index (χ1n) is 16.6. The first-order valence-corrected chi connectivity index (χ1v) is 17.4. The van der Waals surface area contributed by atoms with Crippen LogP contribution in [0, 0.1) is 0 Å². The van der Waals surface area contributed by atoms with E-state index in [9.17, 15) is 19.2 Å². The van der Waals surface area contributed by atoms with Crippen LogP contribution in [0.25, 0.3) is 0 Å². The molecule has 2 amide bonds. The number of hydrogen-bond donors (Lipinski definition) is 2. The molecule has 0 aliphatic carbocycles. The van der Waals surface area contributed by atoms with E-state index in [2.05, 4.69) is 21.1 Å². The maximum atomic E-state index is 12.5. The first kappa shape index (κ1) is 40.1. The topological polar surface area (TPSA) is 154 Å². The van der Waals surface area contributed by atoms with Crippen LogP contribution >= 0.6 is 23.2 Å². The Hall–Kier alpha value is -5.72. The number of hydrazone groups is 2. The summed E-state index contributed by atoms with van der Waals surface area (Å²) in [5.74, 6) is -0.624. The lowest BCUT2D eigenvalue weighted by atomic mass is 10.1. The smallest absolute Gasteiger partial charge is 0.345 e. The molecule has 276 valence electrons. The highest BCUT2D eigenvalue weighted by molar-refractivity contribution is 6.34. The Morgan fingerprint density at radius 2 is 0.962 bits per heavy atom. The summed E-state index contributed by atoms with van der Waals surface area (Å²) in [5.41, 5.74) is 6.73. The molecule has 0 saturated heterocycles. The number of unbranched alkanes of at least 4 members (excludes halogenated alkanes) is 4. The van der Waals surface area contributed by atoms with Crippen molar-refractivity contribution in [2.24, 2.45) is 10.2 Å². The largest absolute Gasteiger partial charge is 0.493 e. The Morgan fingerprint density at radius 1 is 0.566 bits per heavy atom. The Bertz CT molecular complexity index is 1830. The lowest BCUT2D eigenvalue weighted by molar-refractivity contribution is -0.121. The zero-order chi connectivity index (χ0) is 38.0. The monoisotopic (exact) mass is 760 g/mol. The van der Waals surface area contributed by atoms with Crippen molar-refractivity contribution in [2.75, 3.05) is 14.2 Å². The van der Waals surface area contributed by atoms with Gasteiger partial charge in [-0.15, -0.1) is 0 Å². The van der Waals surface area contributed by atoms with Crippen molar-refractivity contribution in [3.63, 3.8) is 0 Å². The van der Waals surface area contributed by atoms with Crippen molar-refractivity contribution in [2.45, 2.75) is 44.9 Å². The summed E-state index contributed by atoms with van der Waals surface area (Å²) < 4.78 is 21.6. The highest BCUT2D eigenvalue weighted by Crippen LogP contribution is 2.30. The van der Waals surface area contributed by atoms with Crippen molar-refractivity contribution in [3.8, 4) is 23.0 Å². The number of halogens is 2. The third-order valence-electron chi connectivity index (χ3n) is 7.58. The van der Waals surface area contributed by atoms with Gasteiger partial charge in [0.1, 0.15) is 0 Å². The minimum absolute atomic E-state index is 0.214. The quantitative estimate of drug-likeness (QED) is 0.0343. The van der Waals surface area contributed by atoms with Gasteiger partial charge in [-0.3, -0.25) is 9.59 Å². The molecule has 2 N–H and O–H groups in total. The molecule has 12 nitrogen and oxygen atoms in total. The predicted molar refractivity (Wildman–Crippen MR) is 203 cm³/mol. The molecule has 0 saturated carbocycles. The van der Waals surface area contributed by atoms with Gasteiger partial charge in [0.25, 0.3) is 0 Å². The molecule has 0 heterocycles. The Kier molecular flexibility index (Phi) is 15.8. The summed E-state index contributed by atoms with van der Waals surface area (Å²) in [6, 6.07) is 22.9. The number of nitrogens with zero attached hydrogens (tertiary/aromatic N) is 2. The Labute approximate surface area is 317 Å². The fraction of sp³-hybridized carbons (Fsp3) is 0.231. The molecular formula is C39H38Cl2N4O8. The molecule has 0 fully saturated rings. The van der Waals surface area contributed by atoms with Gasteiger partial charge < -0.3 is 18.9 Å². The van der Waals surface area contributed by atoms with E-state index in [0.29, 0.717) is 48.3 Å². The number of esters is 2. The SMILES string of the molecule is COc1cc(C=NNC(=O)CCCCCCCC(=O)NN=Cc2ccc(OC(=O)c3ccccc3Cl)c(OC)c2)ccc1OC(=O)c1ccccc1Cl. The predicted octanol–water partition coefficient (Wildman–Crippen LogP) is 7.78. The number of rotatable bonds is 18. The summed E-state index contributed by atoms with van der Waals surface area (Å²) in [5, 5.41) is 8.57. The van der Waals surface area contributed by atoms with Gasteiger partial charge in [0.2, 0.25) is 11.8 Å². The number of ether oxygens (including phenoxy) is 4. The van der Waals surface area contributed by atoms with Gasteiger partial charge in [-0.25, -0.2) is 20.4 Å².